The predicted octanol–water partition coefficient (Wildman–Crippen LogP) is 2.19. The van der Waals surface area contributed by atoms with Gasteiger partial charge in [-0.3, -0.25) is 9.59 Å². The summed E-state index contributed by atoms with van der Waals surface area (Å²) >= 11 is 0. The molecule has 8 nitrogen and oxygen atoms in total. The first-order valence-corrected chi connectivity index (χ1v) is 10.2. The lowest BCUT2D eigenvalue weighted by molar-refractivity contribution is -0.132. The number of nitrogens with one attached hydrogen (secondary N) is 1. The lowest BCUT2D eigenvalue weighted by atomic mass is 10.1. The van der Waals surface area contributed by atoms with Gasteiger partial charge in [0, 0.05) is 38.1 Å². The Morgan fingerprint density at radius 3 is 2.76 bits per heavy atom. The molecule has 1 N–H and O–H groups in total. The molecule has 0 atom stereocenters. The van der Waals surface area contributed by atoms with E-state index in [1.807, 2.05) is 30.0 Å². The third-order valence-corrected chi connectivity index (χ3v) is 4.86. The number of aromatic amines is 1. The summed E-state index contributed by atoms with van der Waals surface area (Å²) in [6, 6.07) is 7.29. The minimum absolute atomic E-state index is 0.0758. The quantitative estimate of drug-likeness (QED) is 0.648. The lowest BCUT2D eigenvalue weighted by Gasteiger charge is -2.26. The third kappa shape index (κ3) is 6.12. The second-order valence-corrected chi connectivity index (χ2v) is 6.96. The first-order chi connectivity index (χ1) is 14.2. The van der Waals surface area contributed by atoms with Crippen LogP contribution in [0.2, 0.25) is 0 Å². The fraction of sp³-hybridized carbons (Fsp3) is 0.524. The van der Waals surface area contributed by atoms with Crippen LogP contribution in [0.15, 0.2) is 29.1 Å². The molecule has 1 amide bonds. The van der Waals surface area contributed by atoms with E-state index in [1.165, 1.54) is 6.42 Å². The Labute approximate surface area is 170 Å². The van der Waals surface area contributed by atoms with Gasteiger partial charge in [-0.15, -0.1) is 10.2 Å². The van der Waals surface area contributed by atoms with Gasteiger partial charge < -0.3 is 19.4 Å². The molecule has 0 aliphatic carbocycles. The van der Waals surface area contributed by atoms with E-state index in [9.17, 15) is 9.59 Å². The molecule has 1 aromatic heterocycles. The summed E-state index contributed by atoms with van der Waals surface area (Å²) in [7, 11) is 0. The Kier molecular flexibility index (Phi) is 7.75. The molecule has 29 heavy (non-hydrogen) atoms. The fourth-order valence-electron chi connectivity index (χ4n) is 3.28. The highest BCUT2D eigenvalue weighted by Gasteiger charge is 2.17. The van der Waals surface area contributed by atoms with Crippen LogP contribution in [0.4, 0.5) is 0 Å². The molecule has 0 saturated carbocycles. The fourth-order valence-corrected chi connectivity index (χ4v) is 3.28. The van der Waals surface area contributed by atoms with Gasteiger partial charge in [0.05, 0.1) is 6.61 Å². The number of carbonyl (C=O) groups excluding carboxylic acids is 1. The van der Waals surface area contributed by atoms with Crippen molar-refractivity contribution in [3.63, 3.8) is 0 Å². The minimum atomic E-state index is -0.316. The number of ether oxygens (including phenoxy) is 2. The van der Waals surface area contributed by atoms with Crippen molar-refractivity contribution in [3.05, 3.63) is 40.3 Å². The van der Waals surface area contributed by atoms with Gasteiger partial charge in [0.15, 0.2) is 5.82 Å². The largest absolute Gasteiger partial charge is 0.491 e. The van der Waals surface area contributed by atoms with Crippen LogP contribution < -0.4 is 10.3 Å². The summed E-state index contributed by atoms with van der Waals surface area (Å²) in [6.45, 7) is 5.16. The normalized spacial score (nSPS) is 14.0. The number of hydrogen-bond donors (Lipinski definition) is 1. The van der Waals surface area contributed by atoms with E-state index in [0.717, 1.165) is 25.9 Å². The summed E-state index contributed by atoms with van der Waals surface area (Å²) in [5.74, 6) is 1.12. The van der Waals surface area contributed by atoms with Crippen molar-refractivity contribution >= 4 is 5.91 Å². The Morgan fingerprint density at radius 1 is 1.17 bits per heavy atom. The number of likely N-dealkylation sites (tertiary alicyclic amines) is 1. The molecule has 1 aliphatic rings. The zero-order chi connectivity index (χ0) is 20.5. The standard InChI is InChI=1S/C21H28N4O4/c1-2-28-13-14-29-17-8-6-7-16(15-17)20-22-21(27)18(23-24-20)9-10-19(26)25-11-4-3-5-12-25/h6-8,15H,2-5,9-14H2,1H3,(H,22,24,27). The molecule has 0 spiro atoms. The molecule has 0 radical (unpaired) electrons. The summed E-state index contributed by atoms with van der Waals surface area (Å²) in [4.78, 5) is 29.3. The van der Waals surface area contributed by atoms with Crippen LogP contribution in [0.3, 0.4) is 0 Å². The van der Waals surface area contributed by atoms with Gasteiger partial charge in [0.25, 0.3) is 5.56 Å². The highest BCUT2D eigenvalue weighted by atomic mass is 16.5. The summed E-state index contributed by atoms with van der Waals surface area (Å²) in [6.07, 6.45) is 3.85. The van der Waals surface area contributed by atoms with Gasteiger partial charge in [0.1, 0.15) is 18.1 Å². The molecular weight excluding hydrogens is 372 g/mol. The number of hydrogen-bond acceptors (Lipinski definition) is 6. The maximum atomic E-state index is 12.4. The Balaban J connectivity index is 1.60. The molecule has 8 heteroatoms. The number of carbonyl (C=O) groups is 1. The second kappa shape index (κ2) is 10.7. The van der Waals surface area contributed by atoms with Gasteiger partial charge in [0.2, 0.25) is 5.91 Å². The molecule has 0 unspecified atom stereocenters. The van der Waals surface area contributed by atoms with Gasteiger partial charge in [-0.05, 0) is 38.3 Å². The summed E-state index contributed by atoms with van der Waals surface area (Å²) in [5, 5.41) is 8.20. The van der Waals surface area contributed by atoms with Crippen molar-refractivity contribution in [2.24, 2.45) is 0 Å². The molecular formula is C21H28N4O4. The van der Waals surface area contributed by atoms with Crippen molar-refractivity contribution in [2.75, 3.05) is 32.9 Å². The van der Waals surface area contributed by atoms with E-state index in [4.69, 9.17) is 9.47 Å². The predicted molar refractivity (Wildman–Crippen MR) is 109 cm³/mol. The summed E-state index contributed by atoms with van der Waals surface area (Å²) in [5.41, 5.74) is 0.673. The van der Waals surface area contributed by atoms with Crippen molar-refractivity contribution in [1.29, 1.82) is 0 Å². The Hall–Kier alpha value is -2.74. The Bertz CT molecular complexity index is 862. The molecule has 1 aromatic carbocycles. The summed E-state index contributed by atoms with van der Waals surface area (Å²) < 4.78 is 10.9. The molecule has 1 aliphatic heterocycles. The van der Waals surface area contributed by atoms with Crippen LogP contribution in [0, 0.1) is 0 Å². The molecule has 156 valence electrons. The highest BCUT2D eigenvalue weighted by molar-refractivity contribution is 5.76. The molecule has 2 heterocycles. The van der Waals surface area contributed by atoms with E-state index in [1.54, 1.807) is 6.07 Å². The first kappa shape index (κ1) is 21.0. The molecule has 1 saturated heterocycles. The van der Waals surface area contributed by atoms with Crippen molar-refractivity contribution in [1.82, 2.24) is 20.1 Å². The zero-order valence-corrected chi connectivity index (χ0v) is 16.9. The first-order valence-electron chi connectivity index (χ1n) is 10.2. The topological polar surface area (TPSA) is 97.4 Å². The number of piperidine rings is 1. The van der Waals surface area contributed by atoms with Crippen LogP contribution in [0.25, 0.3) is 11.4 Å². The monoisotopic (exact) mass is 400 g/mol. The molecule has 1 fully saturated rings. The van der Waals surface area contributed by atoms with E-state index >= 15 is 0 Å². The smallest absolute Gasteiger partial charge is 0.273 e. The van der Waals surface area contributed by atoms with Gasteiger partial charge in [-0.2, -0.15) is 0 Å². The number of aryl methyl sites for hydroxylation is 1. The SMILES string of the molecule is CCOCCOc1cccc(-c2nnc(CCC(=O)N3CCCCC3)c(=O)[nH]2)c1. The van der Waals surface area contributed by atoms with Gasteiger partial charge in [-0.25, -0.2) is 0 Å². The average molecular weight is 400 g/mol. The van der Waals surface area contributed by atoms with Crippen molar-refractivity contribution < 1.29 is 14.3 Å². The maximum absolute atomic E-state index is 12.4. The van der Waals surface area contributed by atoms with Gasteiger partial charge >= 0.3 is 0 Å². The molecule has 3 rings (SSSR count). The van der Waals surface area contributed by atoms with Crippen LogP contribution in [-0.4, -0.2) is 58.9 Å². The van der Waals surface area contributed by atoms with Crippen molar-refractivity contribution in [2.45, 2.75) is 39.0 Å². The Morgan fingerprint density at radius 2 is 2.00 bits per heavy atom. The number of nitrogens with zero attached hydrogens (tertiary/aromatic N) is 3. The zero-order valence-electron chi connectivity index (χ0n) is 16.9. The molecule has 0 bridgehead atoms. The lowest BCUT2D eigenvalue weighted by Crippen LogP contribution is -2.36. The van der Waals surface area contributed by atoms with E-state index in [2.05, 4.69) is 15.2 Å². The van der Waals surface area contributed by atoms with Crippen LogP contribution in [0.5, 0.6) is 5.75 Å². The average Bonchev–Trinajstić information content (AvgIpc) is 2.76. The van der Waals surface area contributed by atoms with Crippen LogP contribution in [-0.2, 0) is 16.0 Å². The van der Waals surface area contributed by atoms with Crippen molar-refractivity contribution in [3.8, 4) is 17.1 Å². The van der Waals surface area contributed by atoms with E-state index in [0.29, 0.717) is 43.4 Å². The second-order valence-electron chi connectivity index (χ2n) is 6.96. The van der Waals surface area contributed by atoms with Gasteiger partial charge in [-0.1, -0.05) is 12.1 Å². The number of benzene rings is 1. The number of aromatic nitrogens is 3. The molecule has 2 aromatic rings. The minimum Gasteiger partial charge on any atom is -0.491 e. The van der Waals surface area contributed by atoms with E-state index < -0.39 is 0 Å². The number of rotatable bonds is 9. The number of H-pyrrole nitrogens is 1. The van der Waals surface area contributed by atoms with Crippen LogP contribution >= 0.6 is 0 Å². The van der Waals surface area contributed by atoms with Crippen LogP contribution in [0.1, 0.15) is 38.3 Å². The third-order valence-electron chi connectivity index (χ3n) is 4.86. The highest BCUT2D eigenvalue weighted by Crippen LogP contribution is 2.20. The number of amides is 1. The van der Waals surface area contributed by atoms with E-state index in [-0.39, 0.29) is 23.6 Å². The maximum Gasteiger partial charge on any atom is 0.273 e.